The highest BCUT2D eigenvalue weighted by Crippen LogP contribution is 2.17. The Labute approximate surface area is 170 Å². The normalized spacial score (nSPS) is 19.4. The number of ether oxygens (including phenoxy) is 1. The van der Waals surface area contributed by atoms with Gasteiger partial charge in [0, 0.05) is 24.1 Å². The molecule has 0 bridgehead atoms. The molecule has 2 aliphatic rings. The van der Waals surface area contributed by atoms with Crippen LogP contribution in [0, 0.1) is 0 Å². The van der Waals surface area contributed by atoms with Gasteiger partial charge in [-0.15, -0.1) is 0 Å². The molecule has 2 heterocycles. The van der Waals surface area contributed by atoms with Crippen molar-refractivity contribution in [1.29, 1.82) is 0 Å². The molecule has 6 heteroatoms. The van der Waals surface area contributed by atoms with Gasteiger partial charge in [-0.1, -0.05) is 43.5 Å². The van der Waals surface area contributed by atoms with Crippen molar-refractivity contribution in [2.75, 3.05) is 13.2 Å². The molecule has 1 amide bonds. The van der Waals surface area contributed by atoms with Crippen molar-refractivity contribution in [3.05, 3.63) is 63.7 Å². The average molecular weight is 397 g/mol. The SMILES string of the molecule is O=C(COc1coc(C[NH+]2CCc3ccccc3C2)cc1=O)NC1CCCCC1. The molecule has 1 aromatic heterocycles. The van der Waals surface area contributed by atoms with Gasteiger partial charge in [0.15, 0.2) is 12.4 Å². The first-order valence-corrected chi connectivity index (χ1v) is 10.6. The molecule has 1 aromatic carbocycles. The Bertz CT molecular complexity index is 902. The summed E-state index contributed by atoms with van der Waals surface area (Å²) in [6.07, 6.45) is 7.96. The van der Waals surface area contributed by atoms with Crippen LogP contribution >= 0.6 is 0 Å². The van der Waals surface area contributed by atoms with Gasteiger partial charge in [0.1, 0.15) is 19.4 Å². The second-order valence-electron chi connectivity index (χ2n) is 8.14. The van der Waals surface area contributed by atoms with E-state index in [0.717, 1.165) is 45.2 Å². The predicted octanol–water partition coefficient (Wildman–Crippen LogP) is 1.61. The Hall–Kier alpha value is -2.60. The topological polar surface area (TPSA) is 73.0 Å². The van der Waals surface area contributed by atoms with Gasteiger partial charge in [0.25, 0.3) is 5.91 Å². The summed E-state index contributed by atoms with van der Waals surface area (Å²) in [5.74, 6) is 0.548. The van der Waals surface area contributed by atoms with Gasteiger partial charge in [0.05, 0.1) is 6.54 Å². The number of fused-ring (bicyclic) bond motifs is 1. The fourth-order valence-corrected chi connectivity index (χ4v) is 4.34. The summed E-state index contributed by atoms with van der Waals surface area (Å²) in [6.45, 7) is 2.45. The molecule has 1 aliphatic heterocycles. The Morgan fingerprint density at radius 2 is 1.97 bits per heavy atom. The first kappa shape index (κ1) is 19.7. The first-order chi connectivity index (χ1) is 14.2. The van der Waals surface area contributed by atoms with E-state index in [4.69, 9.17) is 9.15 Å². The number of carbonyl (C=O) groups excluding carboxylic acids is 1. The van der Waals surface area contributed by atoms with Crippen LogP contribution in [0.3, 0.4) is 0 Å². The molecule has 4 rings (SSSR count). The van der Waals surface area contributed by atoms with E-state index in [1.165, 1.54) is 34.8 Å². The zero-order valence-corrected chi connectivity index (χ0v) is 16.7. The van der Waals surface area contributed by atoms with Gasteiger partial charge < -0.3 is 19.4 Å². The lowest BCUT2D eigenvalue weighted by molar-refractivity contribution is -0.930. The van der Waals surface area contributed by atoms with Crippen molar-refractivity contribution in [2.24, 2.45) is 0 Å². The minimum absolute atomic E-state index is 0.0894. The predicted molar refractivity (Wildman–Crippen MR) is 109 cm³/mol. The molecule has 29 heavy (non-hydrogen) atoms. The summed E-state index contributed by atoms with van der Waals surface area (Å²) in [7, 11) is 0. The number of rotatable bonds is 6. The summed E-state index contributed by atoms with van der Waals surface area (Å²) in [6, 6.07) is 10.2. The molecule has 0 spiro atoms. The van der Waals surface area contributed by atoms with Gasteiger partial charge in [-0.25, -0.2) is 0 Å². The van der Waals surface area contributed by atoms with E-state index in [0.29, 0.717) is 12.3 Å². The number of quaternary nitrogens is 1. The summed E-state index contributed by atoms with van der Waals surface area (Å²) in [4.78, 5) is 25.8. The van der Waals surface area contributed by atoms with Crippen LogP contribution in [0.4, 0.5) is 0 Å². The molecule has 1 fully saturated rings. The van der Waals surface area contributed by atoms with Crippen LogP contribution in [0.25, 0.3) is 0 Å². The molecular weight excluding hydrogens is 368 g/mol. The highest BCUT2D eigenvalue weighted by atomic mass is 16.5. The second kappa shape index (κ2) is 9.27. The van der Waals surface area contributed by atoms with Gasteiger partial charge in [0.2, 0.25) is 11.2 Å². The number of hydrogen-bond acceptors (Lipinski definition) is 4. The van der Waals surface area contributed by atoms with Crippen LogP contribution in [0.1, 0.15) is 49.0 Å². The van der Waals surface area contributed by atoms with Gasteiger partial charge in [-0.05, 0) is 18.4 Å². The lowest BCUT2D eigenvalue weighted by Crippen LogP contribution is -3.10. The first-order valence-electron chi connectivity index (χ1n) is 10.6. The number of nitrogens with one attached hydrogen (secondary N) is 2. The third-order valence-corrected chi connectivity index (χ3v) is 5.91. The molecule has 1 atom stereocenters. The van der Waals surface area contributed by atoms with Gasteiger partial charge in [-0.3, -0.25) is 9.59 Å². The van der Waals surface area contributed by atoms with Crippen LogP contribution in [-0.2, 0) is 24.3 Å². The Balaban J connectivity index is 1.29. The fourth-order valence-electron chi connectivity index (χ4n) is 4.34. The van der Waals surface area contributed by atoms with Crippen LogP contribution in [0.5, 0.6) is 5.75 Å². The summed E-state index contributed by atoms with van der Waals surface area (Å²) in [5, 5.41) is 2.98. The van der Waals surface area contributed by atoms with E-state index in [-0.39, 0.29) is 29.7 Å². The number of benzene rings is 1. The van der Waals surface area contributed by atoms with Crippen LogP contribution in [0.2, 0.25) is 0 Å². The van der Waals surface area contributed by atoms with Crippen LogP contribution < -0.4 is 20.4 Å². The van der Waals surface area contributed by atoms with Crippen LogP contribution in [-0.4, -0.2) is 25.1 Å². The Kier molecular flexibility index (Phi) is 6.30. The molecule has 2 N–H and O–H groups in total. The molecular formula is C23H29N2O4+. The highest BCUT2D eigenvalue weighted by Gasteiger charge is 2.21. The molecule has 1 aliphatic carbocycles. The smallest absolute Gasteiger partial charge is 0.258 e. The van der Waals surface area contributed by atoms with Crippen molar-refractivity contribution in [1.82, 2.24) is 5.32 Å². The molecule has 154 valence electrons. The number of hydrogen-bond donors (Lipinski definition) is 2. The van der Waals surface area contributed by atoms with E-state index >= 15 is 0 Å². The minimum atomic E-state index is -0.242. The second-order valence-corrected chi connectivity index (χ2v) is 8.14. The van der Waals surface area contributed by atoms with Crippen molar-refractivity contribution in [3.63, 3.8) is 0 Å². The Morgan fingerprint density at radius 1 is 1.17 bits per heavy atom. The largest absolute Gasteiger partial charge is 0.477 e. The fraction of sp³-hybridized carbons (Fsp3) is 0.478. The minimum Gasteiger partial charge on any atom is -0.477 e. The van der Waals surface area contributed by atoms with E-state index in [2.05, 4.69) is 29.6 Å². The maximum Gasteiger partial charge on any atom is 0.258 e. The Morgan fingerprint density at radius 3 is 2.76 bits per heavy atom. The van der Waals surface area contributed by atoms with Crippen molar-refractivity contribution in [3.8, 4) is 5.75 Å². The number of amides is 1. The van der Waals surface area contributed by atoms with E-state index < -0.39 is 0 Å². The molecule has 2 aromatic rings. The van der Waals surface area contributed by atoms with Crippen LogP contribution in [0.15, 0.2) is 45.8 Å². The standard InChI is InChI=1S/C23H28N2O4/c26-21-12-20(14-25-11-10-17-6-4-5-7-18(17)13-25)28-15-22(21)29-16-23(27)24-19-8-2-1-3-9-19/h4-7,12,15,19H,1-3,8-11,13-14,16H2,(H,24,27)/p+1. The van der Waals surface area contributed by atoms with E-state index in [9.17, 15) is 9.59 Å². The third-order valence-electron chi connectivity index (χ3n) is 5.91. The van der Waals surface area contributed by atoms with E-state index in [1.807, 2.05) is 0 Å². The average Bonchev–Trinajstić information content (AvgIpc) is 2.74. The zero-order valence-electron chi connectivity index (χ0n) is 16.7. The van der Waals surface area contributed by atoms with Crippen molar-refractivity contribution < 1.29 is 18.8 Å². The monoisotopic (exact) mass is 397 g/mol. The molecule has 6 nitrogen and oxygen atoms in total. The van der Waals surface area contributed by atoms with Crippen molar-refractivity contribution >= 4 is 5.91 Å². The van der Waals surface area contributed by atoms with E-state index in [1.54, 1.807) is 0 Å². The van der Waals surface area contributed by atoms with Crippen molar-refractivity contribution in [2.45, 2.75) is 57.7 Å². The lowest BCUT2D eigenvalue weighted by atomic mass is 9.95. The quantitative estimate of drug-likeness (QED) is 0.777. The maximum atomic E-state index is 12.4. The van der Waals surface area contributed by atoms with Gasteiger partial charge >= 0.3 is 0 Å². The maximum absolute atomic E-state index is 12.4. The summed E-state index contributed by atoms with van der Waals surface area (Å²) in [5.41, 5.74) is 2.53. The summed E-state index contributed by atoms with van der Waals surface area (Å²) < 4.78 is 11.0. The molecule has 1 saturated carbocycles. The molecule has 0 saturated heterocycles. The molecule has 0 radical (unpaired) electrons. The lowest BCUT2D eigenvalue weighted by Gasteiger charge is -2.25. The van der Waals surface area contributed by atoms with Gasteiger partial charge in [-0.2, -0.15) is 0 Å². The molecule has 1 unspecified atom stereocenters. The summed E-state index contributed by atoms with van der Waals surface area (Å²) >= 11 is 0. The third kappa shape index (κ3) is 5.26. The number of carbonyl (C=O) groups is 1. The zero-order chi connectivity index (χ0) is 20.1. The highest BCUT2D eigenvalue weighted by molar-refractivity contribution is 5.77.